The van der Waals surface area contributed by atoms with E-state index in [9.17, 15) is 9.90 Å². The molecule has 0 saturated heterocycles. The fourth-order valence-electron chi connectivity index (χ4n) is 3.50. The average molecular weight is 372 g/mol. The molecule has 1 aliphatic carbocycles. The molecule has 0 radical (unpaired) electrons. The second-order valence-electron chi connectivity index (χ2n) is 6.52. The number of carbonyl (C=O) groups excluding carboxylic acids is 1. The summed E-state index contributed by atoms with van der Waals surface area (Å²) in [4.78, 5) is 13.6. The number of rotatable bonds is 6. The molecule has 1 unspecified atom stereocenters. The minimum Gasteiger partial charge on any atom is -0.497 e. The van der Waals surface area contributed by atoms with Crippen LogP contribution in [0.15, 0.2) is 47.4 Å². The molecule has 4 nitrogen and oxygen atoms in total. The Morgan fingerprint density at radius 1 is 1.31 bits per heavy atom. The first-order valence-corrected chi connectivity index (χ1v) is 9.96. The molecule has 2 N–H and O–H groups in total. The lowest BCUT2D eigenvalue weighted by Crippen LogP contribution is -2.43. The number of carbonyl (C=O) groups is 1. The number of ether oxygens (including phenoxy) is 1. The molecule has 0 bridgehead atoms. The predicted octanol–water partition coefficient (Wildman–Crippen LogP) is 3.76. The lowest BCUT2D eigenvalue weighted by molar-refractivity contribution is 0.0188. The predicted molar refractivity (Wildman–Crippen MR) is 105 cm³/mol. The van der Waals surface area contributed by atoms with Gasteiger partial charge in [-0.05, 0) is 60.4 Å². The summed E-state index contributed by atoms with van der Waals surface area (Å²) in [5.41, 5.74) is 1.60. The van der Waals surface area contributed by atoms with E-state index in [4.69, 9.17) is 4.74 Å². The highest BCUT2D eigenvalue weighted by Crippen LogP contribution is 2.36. The van der Waals surface area contributed by atoms with Crippen LogP contribution in [0.3, 0.4) is 0 Å². The van der Waals surface area contributed by atoms with Crippen LogP contribution in [0.1, 0.15) is 41.3 Å². The van der Waals surface area contributed by atoms with E-state index >= 15 is 0 Å². The zero-order valence-electron chi connectivity index (χ0n) is 15.2. The Morgan fingerprint density at radius 2 is 2.12 bits per heavy atom. The van der Waals surface area contributed by atoms with E-state index in [2.05, 4.69) is 12.2 Å². The minimum atomic E-state index is -1.04. The Balaban J connectivity index is 1.77. The van der Waals surface area contributed by atoms with Crippen molar-refractivity contribution >= 4 is 17.7 Å². The van der Waals surface area contributed by atoms with Crippen LogP contribution < -0.4 is 10.1 Å². The standard InChI is InChI=1S/C21H25NO3S/c1-3-26-19-9-5-4-8-17(19)20(23)22-14-21(24)12-6-7-15-13-16(25-2)10-11-18(15)21/h4-5,8-11,13,24H,3,6-7,12,14H2,1-2H3,(H,22,23). The van der Waals surface area contributed by atoms with Gasteiger partial charge in [0.2, 0.25) is 0 Å². The second kappa shape index (κ2) is 8.14. The van der Waals surface area contributed by atoms with E-state index in [1.54, 1.807) is 18.9 Å². The number of fused-ring (bicyclic) bond motifs is 1. The maximum atomic E-state index is 12.7. The molecular weight excluding hydrogens is 346 g/mol. The number of nitrogens with one attached hydrogen (secondary N) is 1. The number of aryl methyl sites for hydroxylation is 1. The van der Waals surface area contributed by atoms with Crippen molar-refractivity contribution in [3.05, 3.63) is 59.2 Å². The summed E-state index contributed by atoms with van der Waals surface area (Å²) in [6.07, 6.45) is 2.44. The molecule has 0 spiro atoms. The zero-order valence-corrected chi connectivity index (χ0v) is 16.1. The van der Waals surface area contributed by atoms with Crippen LogP contribution in [0.2, 0.25) is 0 Å². The van der Waals surface area contributed by atoms with E-state index in [0.717, 1.165) is 40.4 Å². The molecule has 0 aromatic heterocycles. The summed E-state index contributed by atoms with van der Waals surface area (Å²) in [6, 6.07) is 13.4. The summed E-state index contributed by atoms with van der Waals surface area (Å²) < 4.78 is 5.29. The summed E-state index contributed by atoms with van der Waals surface area (Å²) in [7, 11) is 1.64. The number of hydrogen-bond donors (Lipinski definition) is 2. The molecule has 138 valence electrons. The van der Waals surface area contributed by atoms with Crippen molar-refractivity contribution in [1.29, 1.82) is 0 Å². The molecule has 2 aromatic rings. The monoisotopic (exact) mass is 371 g/mol. The molecule has 0 aliphatic heterocycles. The van der Waals surface area contributed by atoms with E-state index in [0.29, 0.717) is 12.0 Å². The topological polar surface area (TPSA) is 58.6 Å². The highest BCUT2D eigenvalue weighted by molar-refractivity contribution is 7.99. The molecule has 5 heteroatoms. The van der Waals surface area contributed by atoms with Gasteiger partial charge in [0.15, 0.2) is 0 Å². The molecule has 1 amide bonds. The van der Waals surface area contributed by atoms with Crippen molar-refractivity contribution < 1.29 is 14.6 Å². The smallest absolute Gasteiger partial charge is 0.252 e. The SMILES string of the molecule is CCSc1ccccc1C(=O)NCC1(O)CCCc2cc(OC)ccc21. The molecule has 0 heterocycles. The Hall–Kier alpha value is -1.98. The summed E-state index contributed by atoms with van der Waals surface area (Å²) in [6.45, 7) is 2.27. The van der Waals surface area contributed by atoms with Crippen molar-refractivity contribution in [1.82, 2.24) is 5.32 Å². The molecule has 1 atom stereocenters. The van der Waals surface area contributed by atoms with E-state index in [1.807, 2.05) is 42.5 Å². The molecular formula is C21H25NO3S. The maximum absolute atomic E-state index is 12.7. The summed E-state index contributed by atoms with van der Waals surface area (Å²) in [5, 5.41) is 14.1. The number of benzene rings is 2. The van der Waals surface area contributed by atoms with Gasteiger partial charge in [0.05, 0.1) is 19.2 Å². The third-order valence-electron chi connectivity index (χ3n) is 4.82. The number of aliphatic hydroxyl groups is 1. The lowest BCUT2D eigenvalue weighted by atomic mass is 9.79. The molecule has 0 saturated carbocycles. The first-order valence-electron chi connectivity index (χ1n) is 8.97. The largest absolute Gasteiger partial charge is 0.497 e. The highest BCUT2D eigenvalue weighted by atomic mass is 32.2. The zero-order chi connectivity index (χ0) is 18.6. The Bertz CT molecular complexity index is 793. The first kappa shape index (κ1) is 18.8. The van der Waals surface area contributed by atoms with Gasteiger partial charge in [-0.1, -0.05) is 25.1 Å². The van der Waals surface area contributed by atoms with Gasteiger partial charge in [-0.25, -0.2) is 0 Å². The van der Waals surface area contributed by atoms with Gasteiger partial charge in [0, 0.05) is 4.90 Å². The van der Waals surface area contributed by atoms with E-state index in [1.165, 1.54) is 0 Å². The van der Waals surface area contributed by atoms with Crippen molar-refractivity contribution in [3.8, 4) is 5.75 Å². The maximum Gasteiger partial charge on any atom is 0.252 e. The van der Waals surface area contributed by atoms with Crippen LogP contribution >= 0.6 is 11.8 Å². The Kier molecular flexibility index (Phi) is 5.89. The third kappa shape index (κ3) is 3.89. The van der Waals surface area contributed by atoms with Crippen molar-refractivity contribution in [3.63, 3.8) is 0 Å². The Labute approximate surface area is 159 Å². The lowest BCUT2D eigenvalue weighted by Gasteiger charge is -2.35. The van der Waals surface area contributed by atoms with Gasteiger partial charge < -0.3 is 15.2 Å². The van der Waals surface area contributed by atoms with Gasteiger partial charge in [0.1, 0.15) is 11.4 Å². The summed E-state index contributed by atoms with van der Waals surface area (Å²) >= 11 is 1.65. The van der Waals surface area contributed by atoms with Crippen LogP contribution in [0.4, 0.5) is 0 Å². The number of thioether (sulfide) groups is 1. The van der Waals surface area contributed by atoms with Gasteiger partial charge >= 0.3 is 0 Å². The second-order valence-corrected chi connectivity index (χ2v) is 7.83. The first-order chi connectivity index (χ1) is 12.6. The van der Waals surface area contributed by atoms with Gasteiger partial charge in [-0.3, -0.25) is 4.79 Å². The van der Waals surface area contributed by atoms with E-state index in [-0.39, 0.29) is 12.5 Å². The summed E-state index contributed by atoms with van der Waals surface area (Å²) in [5.74, 6) is 1.56. The van der Waals surface area contributed by atoms with Gasteiger partial charge in [-0.2, -0.15) is 0 Å². The van der Waals surface area contributed by atoms with Gasteiger partial charge in [0.25, 0.3) is 5.91 Å². The van der Waals surface area contributed by atoms with Crippen LogP contribution in [-0.2, 0) is 12.0 Å². The van der Waals surface area contributed by atoms with Crippen LogP contribution in [0.5, 0.6) is 5.75 Å². The molecule has 26 heavy (non-hydrogen) atoms. The fraction of sp³-hybridized carbons (Fsp3) is 0.381. The molecule has 2 aromatic carbocycles. The van der Waals surface area contributed by atoms with Gasteiger partial charge in [-0.15, -0.1) is 11.8 Å². The molecule has 0 fully saturated rings. The van der Waals surface area contributed by atoms with E-state index < -0.39 is 5.60 Å². The van der Waals surface area contributed by atoms with Crippen molar-refractivity contribution in [2.24, 2.45) is 0 Å². The third-order valence-corrected chi connectivity index (χ3v) is 5.78. The molecule has 1 aliphatic rings. The average Bonchev–Trinajstić information content (AvgIpc) is 2.67. The molecule has 3 rings (SSSR count). The number of methoxy groups -OCH3 is 1. The minimum absolute atomic E-state index is 0.143. The fourth-order valence-corrected chi connectivity index (χ4v) is 4.31. The number of hydrogen-bond acceptors (Lipinski definition) is 4. The van der Waals surface area contributed by atoms with Crippen LogP contribution in [0, 0.1) is 0 Å². The Morgan fingerprint density at radius 3 is 2.88 bits per heavy atom. The van der Waals surface area contributed by atoms with Crippen molar-refractivity contribution in [2.45, 2.75) is 36.7 Å². The van der Waals surface area contributed by atoms with Crippen molar-refractivity contribution in [2.75, 3.05) is 19.4 Å². The van der Waals surface area contributed by atoms with Crippen LogP contribution in [0.25, 0.3) is 0 Å². The van der Waals surface area contributed by atoms with Crippen LogP contribution in [-0.4, -0.2) is 30.4 Å². The normalized spacial score (nSPS) is 18.9. The number of amides is 1. The quantitative estimate of drug-likeness (QED) is 0.759. The highest BCUT2D eigenvalue weighted by Gasteiger charge is 2.35.